The molecule has 0 radical (unpaired) electrons. The van der Waals surface area contributed by atoms with Crippen LogP contribution < -0.4 is 16.2 Å². The minimum atomic E-state index is -1.72. The van der Waals surface area contributed by atoms with Crippen LogP contribution in [-0.4, -0.2) is 55.3 Å². The van der Waals surface area contributed by atoms with Gasteiger partial charge in [0.1, 0.15) is 29.4 Å². The number of urea groups is 1. The molecule has 26 heavy (non-hydrogen) atoms. The number of carbonyl (C=O) groups is 1. The van der Waals surface area contributed by atoms with E-state index in [1.54, 1.807) is 13.1 Å². The number of nitrogens with zero attached hydrogens (tertiary/aromatic N) is 2. The van der Waals surface area contributed by atoms with Gasteiger partial charge >= 0.3 is 6.03 Å². The average Bonchev–Trinajstić information content (AvgIpc) is 2.99. The van der Waals surface area contributed by atoms with E-state index in [0.717, 1.165) is 0 Å². The van der Waals surface area contributed by atoms with Gasteiger partial charge in [-0.05, 0) is 19.4 Å². The minimum absolute atomic E-state index is 0.104. The Morgan fingerprint density at radius 1 is 1.38 bits per heavy atom. The lowest BCUT2D eigenvalue weighted by Gasteiger charge is -2.29. The molecular formula is C16H18N4O6. The van der Waals surface area contributed by atoms with E-state index in [1.165, 1.54) is 17.6 Å². The van der Waals surface area contributed by atoms with Crippen LogP contribution in [0.4, 0.5) is 16.4 Å². The minimum Gasteiger partial charge on any atom is -0.394 e. The van der Waals surface area contributed by atoms with Crippen molar-refractivity contribution in [1.82, 2.24) is 9.55 Å². The van der Waals surface area contributed by atoms with Crippen molar-refractivity contribution in [2.75, 3.05) is 17.2 Å². The Morgan fingerprint density at radius 3 is 2.77 bits per heavy atom. The zero-order chi connectivity index (χ0) is 18.8. The zero-order valence-electron chi connectivity index (χ0n) is 14.1. The highest BCUT2D eigenvalue weighted by atomic mass is 16.6. The number of aliphatic hydroxyl groups excluding tert-OH is 2. The van der Waals surface area contributed by atoms with Crippen LogP contribution in [0.15, 0.2) is 17.1 Å². The number of anilines is 2. The van der Waals surface area contributed by atoms with Crippen molar-refractivity contribution in [3.05, 3.63) is 28.2 Å². The van der Waals surface area contributed by atoms with E-state index in [2.05, 4.69) is 15.6 Å². The summed E-state index contributed by atoms with van der Waals surface area (Å²) in [5, 5.41) is 36.6. The first-order chi connectivity index (χ1) is 12.2. The summed E-state index contributed by atoms with van der Waals surface area (Å²) >= 11 is 0. The Labute approximate surface area is 147 Å². The molecule has 4 atom stereocenters. The fraction of sp³-hybridized carbons (Fsp3) is 0.438. The molecular weight excluding hydrogens is 344 g/mol. The van der Waals surface area contributed by atoms with E-state index in [-0.39, 0.29) is 11.6 Å². The predicted octanol–water partition coefficient (Wildman–Crippen LogP) is -0.336. The molecule has 2 aliphatic rings. The maximum Gasteiger partial charge on any atom is 0.326 e. The summed E-state index contributed by atoms with van der Waals surface area (Å²) < 4.78 is 7.12. The highest BCUT2D eigenvalue weighted by Crippen LogP contribution is 2.44. The smallest absolute Gasteiger partial charge is 0.326 e. The number of ether oxygens (including phenoxy) is 1. The molecule has 5 N–H and O–H groups in total. The Kier molecular flexibility index (Phi) is 3.57. The van der Waals surface area contributed by atoms with Gasteiger partial charge in [-0.25, -0.2) is 4.79 Å². The lowest BCUT2D eigenvalue weighted by atomic mass is 9.96. The number of aromatic nitrogens is 2. The third-order valence-corrected chi connectivity index (χ3v) is 4.91. The maximum atomic E-state index is 12.0. The van der Waals surface area contributed by atoms with E-state index < -0.39 is 42.2 Å². The Hall–Kier alpha value is -2.53. The topological polar surface area (TPSA) is 146 Å². The Bertz CT molecular complexity index is 985. The molecule has 2 amide bonds. The Morgan fingerprint density at radius 2 is 2.12 bits per heavy atom. The molecule has 1 fully saturated rings. The van der Waals surface area contributed by atoms with Gasteiger partial charge in [-0.1, -0.05) is 0 Å². The molecule has 0 saturated carbocycles. The van der Waals surface area contributed by atoms with Gasteiger partial charge in [0.15, 0.2) is 6.23 Å². The molecule has 4 rings (SSSR count). The van der Waals surface area contributed by atoms with Crippen LogP contribution in [0.2, 0.25) is 0 Å². The highest BCUT2D eigenvalue weighted by Gasteiger charge is 2.53. The lowest BCUT2D eigenvalue weighted by molar-refractivity contribution is -0.0954. The van der Waals surface area contributed by atoms with Gasteiger partial charge in [-0.15, -0.1) is 0 Å². The number of hydrogen-bond acceptors (Lipinski definition) is 7. The normalized spacial score (nSPS) is 30.3. The molecule has 2 aliphatic heterocycles. The number of aryl methyl sites for hydroxylation is 1. The van der Waals surface area contributed by atoms with Crippen LogP contribution in [0.3, 0.4) is 0 Å². The van der Waals surface area contributed by atoms with E-state index >= 15 is 0 Å². The summed E-state index contributed by atoms with van der Waals surface area (Å²) in [5.74, 6) is 0.383. The molecule has 2 aromatic heterocycles. The van der Waals surface area contributed by atoms with E-state index in [9.17, 15) is 24.9 Å². The molecule has 0 aromatic carbocycles. The summed E-state index contributed by atoms with van der Waals surface area (Å²) in [5.41, 5.74) is -1.59. The molecule has 10 nitrogen and oxygen atoms in total. The third-order valence-electron chi connectivity index (χ3n) is 4.91. The first kappa shape index (κ1) is 16.9. The van der Waals surface area contributed by atoms with E-state index in [4.69, 9.17) is 4.74 Å². The summed E-state index contributed by atoms with van der Waals surface area (Å²) in [6.45, 7) is 2.64. The van der Waals surface area contributed by atoms with Gasteiger partial charge in [0.25, 0.3) is 5.56 Å². The summed E-state index contributed by atoms with van der Waals surface area (Å²) in [6.07, 6.45) is -1.76. The highest BCUT2D eigenvalue weighted by molar-refractivity contribution is 6.16. The van der Waals surface area contributed by atoms with Crippen molar-refractivity contribution < 1.29 is 24.9 Å². The lowest BCUT2D eigenvalue weighted by Crippen LogP contribution is -2.44. The SMILES string of the molecule is Cc1cc(=O)nc2c3c(n(C4O[C@H](CO)[C@@H](O)[C@]4(C)O)cc13)NC(=O)N2. The summed E-state index contributed by atoms with van der Waals surface area (Å²) in [7, 11) is 0. The quantitative estimate of drug-likeness (QED) is 0.491. The van der Waals surface area contributed by atoms with Gasteiger partial charge < -0.3 is 24.6 Å². The third kappa shape index (κ3) is 2.23. The molecule has 1 saturated heterocycles. The van der Waals surface area contributed by atoms with Crippen molar-refractivity contribution in [2.45, 2.75) is 37.9 Å². The Balaban J connectivity index is 2.00. The molecule has 0 aliphatic carbocycles. The number of rotatable bonds is 2. The van der Waals surface area contributed by atoms with Crippen LogP contribution >= 0.6 is 0 Å². The van der Waals surface area contributed by atoms with Crippen molar-refractivity contribution in [3.8, 4) is 0 Å². The van der Waals surface area contributed by atoms with Crippen molar-refractivity contribution in [1.29, 1.82) is 0 Å². The first-order valence-corrected chi connectivity index (χ1v) is 8.05. The van der Waals surface area contributed by atoms with Crippen LogP contribution in [-0.2, 0) is 4.74 Å². The monoisotopic (exact) mass is 362 g/mol. The zero-order valence-corrected chi connectivity index (χ0v) is 14.1. The number of amides is 2. The van der Waals surface area contributed by atoms with Gasteiger partial charge in [0.05, 0.1) is 12.0 Å². The van der Waals surface area contributed by atoms with Crippen LogP contribution in [0.25, 0.3) is 10.8 Å². The molecule has 0 bridgehead atoms. The second kappa shape index (κ2) is 5.48. The molecule has 138 valence electrons. The fourth-order valence-electron chi connectivity index (χ4n) is 3.56. The molecule has 2 aromatic rings. The van der Waals surface area contributed by atoms with Crippen molar-refractivity contribution in [2.24, 2.45) is 0 Å². The maximum absolute atomic E-state index is 12.0. The largest absolute Gasteiger partial charge is 0.394 e. The number of hydrogen-bond donors (Lipinski definition) is 5. The number of aliphatic hydroxyl groups is 3. The summed E-state index contributed by atoms with van der Waals surface area (Å²) in [4.78, 5) is 27.8. The summed E-state index contributed by atoms with van der Waals surface area (Å²) in [6, 6.07) is 0.752. The molecule has 1 unspecified atom stereocenters. The van der Waals surface area contributed by atoms with Gasteiger partial charge in [-0.2, -0.15) is 4.98 Å². The second-order valence-corrected chi connectivity index (χ2v) is 6.76. The fourth-order valence-corrected chi connectivity index (χ4v) is 3.56. The number of nitrogens with one attached hydrogen (secondary N) is 2. The van der Waals surface area contributed by atoms with Crippen molar-refractivity contribution in [3.63, 3.8) is 0 Å². The average molecular weight is 362 g/mol. The molecule has 0 spiro atoms. The molecule has 4 heterocycles. The van der Waals surface area contributed by atoms with Gasteiger partial charge in [0.2, 0.25) is 0 Å². The van der Waals surface area contributed by atoms with Gasteiger partial charge in [0, 0.05) is 17.6 Å². The predicted molar refractivity (Wildman–Crippen MR) is 91.0 cm³/mol. The van der Waals surface area contributed by atoms with Gasteiger partial charge in [-0.3, -0.25) is 15.4 Å². The second-order valence-electron chi connectivity index (χ2n) is 6.76. The van der Waals surface area contributed by atoms with Crippen LogP contribution in [0.1, 0.15) is 18.7 Å². The standard InChI is InChI=1S/C16H18N4O6/c1-6-3-9(22)17-12-10-7(6)4-20(13(10)19-15(24)18-12)14-16(2,25)11(23)8(5-21)26-14/h3-4,8,11,14,21,23,25H,5H2,1-2H3,(H2,17,18,19,22,24)/t8-,11-,14?,16+/m1/s1. The van der Waals surface area contributed by atoms with E-state index in [0.29, 0.717) is 16.3 Å². The first-order valence-electron chi connectivity index (χ1n) is 8.05. The molecule has 10 heteroatoms. The van der Waals surface area contributed by atoms with Crippen LogP contribution in [0, 0.1) is 6.92 Å². The van der Waals surface area contributed by atoms with Crippen LogP contribution in [0.5, 0.6) is 0 Å². The van der Waals surface area contributed by atoms with Crippen molar-refractivity contribution >= 4 is 28.4 Å². The number of carbonyl (C=O) groups excluding carboxylic acids is 1. The van der Waals surface area contributed by atoms with E-state index in [1.807, 2.05) is 0 Å².